The zero-order chi connectivity index (χ0) is 11.5. The number of halogens is 1. The molecule has 1 aromatic carbocycles. The first kappa shape index (κ1) is 11.4. The van der Waals surface area contributed by atoms with Crippen molar-refractivity contribution in [2.45, 2.75) is 18.9 Å². The van der Waals surface area contributed by atoms with Crippen LogP contribution in [0, 0.1) is 0 Å². The molecule has 0 aromatic heterocycles. The Kier molecular flexibility index (Phi) is 3.46. The second-order valence-corrected chi connectivity index (χ2v) is 4.12. The molecule has 1 aliphatic rings. The number of Topliss-reactive ketones (excluding diaryl/α,β-unsaturated/α-hetero) is 1. The highest BCUT2D eigenvalue weighted by Gasteiger charge is 2.26. The minimum absolute atomic E-state index is 0.0369. The third-order valence-corrected chi connectivity index (χ3v) is 2.98. The van der Waals surface area contributed by atoms with Crippen LogP contribution in [-0.2, 0) is 4.74 Å². The zero-order valence-corrected chi connectivity index (χ0v) is 9.79. The van der Waals surface area contributed by atoms with Crippen LogP contribution in [0.4, 0.5) is 0 Å². The van der Waals surface area contributed by atoms with Crippen LogP contribution in [0.2, 0.25) is 5.02 Å². The Balaban J connectivity index is 2.22. The van der Waals surface area contributed by atoms with E-state index in [1.165, 1.54) is 0 Å². The number of carbonyl (C=O) groups excluding carboxylic acids is 1. The number of carbonyl (C=O) groups is 1. The Bertz CT molecular complexity index is 397. The molecule has 0 radical (unpaired) electrons. The number of rotatable bonds is 3. The van der Waals surface area contributed by atoms with Crippen LogP contribution in [0.15, 0.2) is 18.2 Å². The van der Waals surface area contributed by atoms with Gasteiger partial charge in [0.1, 0.15) is 11.9 Å². The van der Waals surface area contributed by atoms with Gasteiger partial charge >= 0.3 is 0 Å². The fraction of sp³-hybridized carbons (Fsp3) is 0.417. The molecule has 0 N–H and O–H groups in total. The number of hydrogen-bond acceptors (Lipinski definition) is 3. The average molecular weight is 241 g/mol. The lowest BCUT2D eigenvalue weighted by Crippen LogP contribution is -2.19. The topological polar surface area (TPSA) is 35.5 Å². The van der Waals surface area contributed by atoms with Crippen molar-refractivity contribution in [2.75, 3.05) is 13.7 Å². The molecule has 16 heavy (non-hydrogen) atoms. The van der Waals surface area contributed by atoms with Crippen LogP contribution in [-0.4, -0.2) is 25.6 Å². The summed E-state index contributed by atoms with van der Waals surface area (Å²) in [6.45, 7) is 0.657. The van der Waals surface area contributed by atoms with Crippen molar-refractivity contribution in [3.05, 3.63) is 28.8 Å². The van der Waals surface area contributed by atoms with Gasteiger partial charge in [0.25, 0.3) is 0 Å². The van der Waals surface area contributed by atoms with Crippen molar-refractivity contribution in [2.24, 2.45) is 0 Å². The number of methoxy groups -OCH3 is 1. The molecular formula is C12H13ClO3. The van der Waals surface area contributed by atoms with E-state index in [2.05, 4.69) is 0 Å². The summed E-state index contributed by atoms with van der Waals surface area (Å²) >= 11 is 6.03. The molecule has 4 heteroatoms. The number of benzene rings is 1. The van der Waals surface area contributed by atoms with Crippen LogP contribution in [0.3, 0.4) is 0 Å². The van der Waals surface area contributed by atoms with Gasteiger partial charge in [-0.15, -0.1) is 0 Å². The van der Waals surface area contributed by atoms with Gasteiger partial charge in [-0.2, -0.15) is 0 Å². The molecule has 1 aliphatic heterocycles. The lowest BCUT2D eigenvalue weighted by molar-refractivity contribution is 0.0643. The smallest absolute Gasteiger partial charge is 0.193 e. The number of hydrogen-bond donors (Lipinski definition) is 0. The second kappa shape index (κ2) is 4.85. The maximum atomic E-state index is 12.0. The molecule has 2 rings (SSSR count). The highest BCUT2D eigenvalue weighted by molar-refractivity contribution is 6.34. The number of ketones is 1. The predicted molar refractivity (Wildman–Crippen MR) is 61.3 cm³/mol. The molecule has 1 unspecified atom stereocenters. The molecule has 1 atom stereocenters. The molecule has 3 nitrogen and oxygen atoms in total. The van der Waals surface area contributed by atoms with Crippen LogP contribution in [0.5, 0.6) is 5.75 Å². The molecule has 0 spiro atoms. The molecule has 0 bridgehead atoms. The fourth-order valence-corrected chi connectivity index (χ4v) is 2.04. The summed E-state index contributed by atoms with van der Waals surface area (Å²) in [6, 6.07) is 5.06. The van der Waals surface area contributed by atoms with Crippen LogP contribution in [0.1, 0.15) is 23.2 Å². The average Bonchev–Trinajstić information content (AvgIpc) is 2.81. The summed E-state index contributed by atoms with van der Waals surface area (Å²) in [5.41, 5.74) is 0.509. The highest BCUT2D eigenvalue weighted by atomic mass is 35.5. The van der Waals surface area contributed by atoms with Gasteiger partial charge in [-0.1, -0.05) is 11.6 Å². The minimum Gasteiger partial charge on any atom is -0.497 e. The van der Waals surface area contributed by atoms with E-state index in [1.54, 1.807) is 25.3 Å². The Morgan fingerprint density at radius 3 is 2.94 bits per heavy atom. The quantitative estimate of drug-likeness (QED) is 0.762. The van der Waals surface area contributed by atoms with Crippen molar-refractivity contribution in [3.63, 3.8) is 0 Å². The normalized spacial score (nSPS) is 19.8. The van der Waals surface area contributed by atoms with E-state index in [9.17, 15) is 4.79 Å². The first-order valence-electron chi connectivity index (χ1n) is 5.21. The molecule has 0 amide bonds. The summed E-state index contributed by atoms with van der Waals surface area (Å²) in [5.74, 6) is 0.610. The molecular weight excluding hydrogens is 228 g/mol. The van der Waals surface area contributed by atoms with Gasteiger partial charge in [-0.3, -0.25) is 4.79 Å². The van der Waals surface area contributed by atoms with Gasteiger partial charge in [0.15, 0.2) is 5.78 Å². The number of ether oxygens (including phenoxy) is 2. The Morgan fingerprint density at radius 2 is 2.38 bits per heavy atom. The molecule has 1 saturated heterocycles. The predicted octanol–water partition coefficient (Wildman–Crippen LogP) is 2.71. The van der Waals surface area contributed by atoms with Gasteiger partial charge < -0.3 is 9.47 Å². The van der Waals surface area contributed by atoms with E-state index in [1.807, 2.05) is 0 Å². The van der Waals surface area contributed by atoms with Gasteiger partial charge in [0, 0.05) is 12.2 Å². The maximum Gasteiger partial charge on any atom is 0.193 e. The highest BCUT2D eigenvalue weighted by Crippen LogP contribution is 2.26. The lowest BCUT2D eigenvalue weighted by atomic mass is 10.0. The first-order chi connectivity index (χ1) is 7.72. The van der Waals surface area contributed by atoms with Gasteiger partial charge in [-0.05, 0) is 31.0 Å². The van der Waals surface area contributed by atoms with Crippen molar-refractivity contribution in [1.29, 1.82) is 0 Å². The Hall–Kier alpha value is -1.06. The maximum absolute atomic E-state index is 12.0. The first-order valence-corrected chi connectivity index (χ1v) is 5.59. The van der Waals surface area contributed by atoms with Crippen LogP contribution in [0.25, 0.3) is 0 Å². The fourth-order valence-electron chi connectivity index (χ4n) is 1.78. The van der Waals surface area contributed by atoms with E-state index < -0.39 is 0 Å². The molecule has 1 aromatic rings. The van der Waals surface area contributed by atoms with Crippen molar-refractivity contribution in [3.8, 4) is 5.75 Å². The van der Waals surface area contributed by atoms with Crippen LogP contribution < -0.4 is 4.74 Å². The standard InChI is InChI=1S/C12H13ClO3/c1-15-8-4-5-9(10(13)7-8)12(14)11-3-2-6-16-11/h4-5,7,11H,2-3,6H2,1H3. The third kappa shape index (κ3) is 2.20. The summed E-state index contributed by atoms with van der Waals surface area (Å²) < 4.78 is 10.4. The van der Waals surface area contributed by atoms with Gasteiger partial charge in [-0.25, -0.2) is 0 Å². The molecule has 1 heterocycles. The van der Waals surface area contributed by atoms with Gasteiger partial charge in [0.2, 0.25) is 0 Å². The molecule has 0 saturated carbocycles. The second-order valence-electron chi connectivity index (χ2n) is 3.71. The minimum atomic E-state index is -0.328. The third-order valence-electron chi connectivity index (χ3n) is 2.66. The summed E-state index contributed by atoms with van der Waals surface area (Å²) in [4.78, 5) is 12.0. The van der Waals surface area contributed by atoms with Gasteiger partial charge in [0.05, 0.1) is 12.1 Å². The van der Waals surface area contributed by atoms with E-state index in [-0.39, 0.29) is 11.9 Å². The SMILES string of the molecule is COc1ccc(C(=O)C2CCCO2)c(Cl)c1. The summed E-state index contributed by atoms with van der Waals surface area (Å²) in [7, 11) is 1.56. The Labute approximate surface area is 99.3 Å². The van der Waals surface area contributed by atoms with Crippen molar-refractivity contribution >= 4 is 17.4 Å². The van der Waals surface area contributed by atoms with E-state index in [0.29, 0.717) is 22.9 Å². The van der Waals surface area contributed by atoms with E-state index in [4.69, 9.17) is 21.1 Å². The molecule has 1 fully saturated rings. The molecule has 86 valence electrons. The summed E-state index contributed by atoms with van der Waals surface area (Å²) in [5, 5.41) is 0.417. The van der Waals surface area contributed by atoms with Crippen LogP contribution >= 0.6 is 11.6 Å². The van der Waals surface area contributed by atoms with E-state index >= 15 is 0 Å². The largest absolute Gasteiger partial charge is 0.497 e. The van der Waals surface area contributed by atoms with Crippen molar-refractivity contribution < 1.29 is 14.3 Å². The Morgan fingerprint density at radius 1 is 1.56 bits per heavy atom. The molecule has 0 aliphatic carbocycles. The summed E-state index contributed by atoms with van der Waals surface area (Å²) in [6.07, 6.45) is 1.39. The zero-order valence-electron chi connectivity index (χ0n) is 9.03. The van der Waals surface area contributed by atoms with Crippen molar-refractivity contribution in [1.82, 2.24) is 0 Å². The monoisotopic (exact) mass is 240 g/mol. The van der Waals surface area contributed by atoms with E-state index in [0.717, 1.165) is 12.8 Å². The lowest BCUT2D eigenvalue weighted by Gasteiger charge is -2.10.